The molecule has 0 amide bonds. The van der Waals surface area contributed by atoms with E-state index in [2.05, 4.69) is 32.6 Å². The van der Waals surface area contributed by atoms with E-state index in [0.717, 1.165) is 24.4 Å². The van der Waals surface area contributed by atoms with Crippen LogP contribution in [0.4, 0.5) is 5.95 Å². The summed E-state index contributed by atoms with van der Waals surface area (Å²) in [7, 11) is 1.91. The number of aromatic nitrogens is 4. The Morgan fingerprint density at radius 2 is 2.42 bits per heavy atom. The second-order valence-electron chi connectivity index (χ2n) is 4.99. The first-order chi connectivity index (χ1) is 9.20. The van der Waals surface area contributed by atoms with E-state index in [1.54, 1.807) is 4.68 Å². The van der Waals surface area contributed by atoms with Crippen LogP contribution < -0.4 is 10.6 Å². The van der Waals surface area contributed by atoms with Crippen molar-refractivity contribution in [1.29, 1.82) is 0 Å². The van der Waals surface area contributed by atoms with Crippen molar-refractivity contribution in [2.75, 3.05) is 5.32 Å². The van der Waals surface area contributed by atoms with Gasteiger partial charge in [0.2, 0.25) is 5.95 Å². The van der Waals surface area contributed by atoms with E-state index >= 15 is 0 Å². The highest BCUT2D eigenvalue weighted by Crippen LogP contribution is 2.15. The molecule has 0 saturated carbocycles. The lowest BCUT2D eigenvalue weighted by Gasteiger charge is -2.22. The Hall–Kier alpha value is -1.95. The van der Waals surface area contributed by atoms with Crippen molar-refractivity contribution in [3.05, 3.63) is 35.4 Å². The smallest absolute Gasteiger partial charge is 0.223 e. The van der Waals surface area contributed by atoms with Gasteiger partial charge in [-0.05, 0) is 25.0 Å². The molecule has 2 aromatic rings. The zero-order valence-corrected chi connectivity index (χ0v) is 11.2. The Balaban J connectivity index is 1.69. The molecular formula is C13H18N6. The molecule has 2 N–H and O–H groups in total. The fourth-order valence-electron chi connectivity index (χ4n) is 2.25. The number of aryl methyl sites for hydroxylation is 1. The first-order valence-corrected chi connectivity index (χ1v) is 6.51. The van der Waals surface area contributed by atoms with Crippen LogP contribution in [0.25, 0.3) is 0 Å². The van der Waals surface area contributed by atoms with Gasteiger partial charge in [-0.2, -0.15) is 5.10 Å². The highest BCUT2D eigenvalue weighted by atomic mass is 15.3. The van der Waals surface area contributed by atoms with Crippen molar-refractivity contribution < 1.29 is 0 Å². The van der Waals surface area contributed by atoms with Crippen molar-refractivity contribution in [3.63, 3.8) is 0 Å². The Labute approximate surface area is 112 Å². The lowest BCUT2D eigenvalue weighted by molar-refractivity contribution is 0.503. The minimum Gasteiger partial charge on any atom is -0.348 e. The van der Waals surface area contributed by atoms with Gasteiger partial charge < -0.3 is 10.6 Å². The highest BCUT2D eigenvalue weighted by Gasteiger charge is 2.16. The summed E-state index contributed by atoms with van der Waals surface area (Å²) in [4.78, 5) is 8.91. The first kappa shape index (κ1) is 12.1. The Kier molecular flexibility index (Phi) is 3.16. The molecule has 6 nitrogen and oxygen atoms in total. The fourth-order valence-corrected chi connectivity index (χ4v) is 2.25. The maximum absolute atomic E-state index is 4.55. The van der Waals surface area contributed by atoms with Crippen LogP contribution in [-0.2, 0) is 26.6 Å². The monoisotopic (exact) mass is 258 g/mol. The minimum atomic E-state index is 0.503. The molecule has 3 heterocycles. The number of rotatable bonds is 3. The Morgan fingerprint density at radius 1 is 1.53 bits per heavy atom. The first-order valence-electron chi connectivity index (χ1n) is 6.51. The molecule has 0 bridgehead atoms. The van der Waals surface area contributed by atoms with Crippen LogP contribution in [0.15, 0.2) is 18.5 Å². The molecular weight excluding hydrogens is 240 g/mol. The van der Waals surface area contributed by atoms with Crippen LogP contribution in [0.3, 0.4) is 0 Å². The summed E-state index contributed by atoms with van der Waals surface area (Å²) < 4.78 is 1.79. The van der Waals surface area contributed by atoms with Gasteiger partial charge in [-0.25, -0.2) is 9.97 Å². The van der Waals surface area contributed by atoms with E-state index in [1.807, 2.05) is 25.5 Å². The van der Waals surface area contributed by atoms with Crippen LogP contribution >= 0.6 is 0 Å². The van der Waals surface area contributed by atoms with Crippen LogP contribution in [0.1, 0.15) is 23.9 Å². The summed E-state index contributed by atoms with van der Waals surface area (Å²) in [5.41, 5.74) is 3.32. The van der Waals surface area contributed by atoms with Gasteiger partial charge in [-0.15, -0.1) is 0 Å². The Morgan fingerprint density at radius 3 is 3.21 bits per heavy atom. The molecule has 2 aromatic heterocycles. The standard InChI is InChI=1S/C13H18N6/c1-9-5-10-6-15-13(17-12(10)8-14-9)16-7-11-3-4-19(2)18-11/h3-4,6,9,14H,5,7-8H2,1-2H3,(H,15,16,17)/t9-/m1/s1. The van der Waals surface area contributed by atoms with E-state index in [9.17, 15) is 0 Å². The zero-order valence-electron chi connectivity index (χ0n) is 11.2. The third kappa shape index (κ3) is 2.73. The second kappa shape index (κ2) is 4.97. The average Bonchev–Trinajstić information content (AvgIpc) is 2.82. The summed E-state index contributed by atoms with van der Waals surface area (Å²) in [6.45, 7) is 3.64. The van der Waals surface area contributed by atoms with E-state index in [1.165, 1.54) is 5.56 Å². The fraction of sp³-hybridized carbons (Fsp3) is 0.462. The summed E-state index contributed by atoms with van der Waals surface area (Å²) >= 11 is 0. The van der Waals surface area contributed by atoms with Gasteiger partial charge in [0.25, 0.3) is 0 Å². The van der Waals surface area contributed by atoms with Gasteiger partial charge in [0.1, 0.15) is 0 Å². The molecule has 100 valence electrons. The molecule has 1 aliphatic heterocycles. The molecule has 1 atom stereocenters. The average molecular weight is 258 g/mol. The molecule has 0 unspecified atom stereocenters. The SMILES string of the molecule is C[C@@H]1Cc2cnc(NCc3ccn(C)n3)nc2CN1. The van der Waals surface area contributed by atoms with Gasteiger partial charge in [-0.1, -0.05) is 0 Å². The van der Waals surface area contributed by atoms with Crippen LogP contribution in [0.5, 0.6) is 0 Å². The quantitative estimate of drug-likeness (QED) is 0.854. The molecule has 3 rings (SSSR count). The summed E-state index contributed by atoms with van der Waals surface area (Å²) in [6, 6.07) is 2.48. The summed E-state index contributed by atoms with van der Waals surface area (Å²) in [5.74, 6) is 0.667. The normalized spacial score (nSPS) is 18.1. The second-order valence-corrected chi connectivity index (χ2v) is 4.99. The summed E-state index contributed by atoms with van der Waals surface area (Å²) in [6.07, 6.45) is 4.85. The summed E-state index contributed by atoms with van der Waals surface area (Å²) in [5, 5.41) is 10.9. The molecule has 19 heavy (non-hydrogen) atoms. The van der Waals surface area contributed by atoms with Crippen molar-refractivity contribution >= 4 is 5.95 Å². The van der Waals surface area contributed by atoms with E-state index < -0.39 is 0 Å². The Bertz CT molecular complexity index is 576. The predicted molar refractivity (Wildman–Crippen MR) is 72.6 cm³/mol. The van der Waals surface area contributed by atoms with E-state index in [0.29, 0.717) is 18.5 Å². The molecule has 0 radical (unpaired) electrons. The number of fused-ring (bicyclic) bond motifs is 1. The van der Waals surface area contributed by atoms with Crippen LogP contribution in [0, 0.1) is 0 Å². The van der Waals surface area contributed by atoms with Gasteiger partial charge in [0.15, 0.2) is 0 Å². The number of nitrogens with one attached hydrogen (secondary N) is 2. The van der Waals surface area contributed by atoms with Crippen LogP contribution in [-0.4, -0.2) is 25.8 Å². The number of hydrogen-bond acceptors (Lipinski definition) is 5. The van der Waals surface area contributed by atoms with Crippen molar-refractivity contribution in [1.82, 2.24) is 25.1 Å². The molecule has 0 fully saturated rings. The minimum absolute atomic E-state index is 0.503. The number of nitrogens with zero attached hydrogens (tertiary/aromatic N) is 4. The van der Waals surface area contributed by atoms with Crippen molar-refractivity contribution in [2.24, 2.45) is 7.05 Å². The molecule has 0 aliphatic carbocycles. The maximum atomic E-state index is 4.55. The van der Waals surface area contributed by atoms with Crippen LogP contribution in [0.2, 0.25) is 0 Å². The maximum Gasteiger partial charge on any atom is 0.223 e. The predicted octanol–water partition coefficient (Wildman–Crippen LogP) is 0.856. The molecule has 1 aliphatic rings. The molecule has 0 aromatic carbocycles. The topological polar surface area (TPSA) is 67.7 Å². The third-order valence-electron chi connectivity index (χ3n) is 3.29. The van der Waals surface area contributed by atoms with Gasteiger partial charge >= 0.3 is 0 Å². The molecule has 0 spiro atoms. The largest absolute Gasteiger partial charge is 0.348 e. The van der Waals surface area contributed by atoms with Crippen molar-refractivity contribution in [3.8, 4) is 0 Å². The van der Waals surface area contributed by atoms with E-state index in [-0.39, 0.29) is 0 Å². The van der Waals surface area contributed by atoms with Gasteiger partial charge in [0.05, 0.1) is 17.9 Å². The highest BCUT2D eigenvalue weighted by molar-refractivity contribution is 5.31. The number of hydrogen-bond donors (Lipinski definition) is 2. The van der Waals surface area contributed by atoms with Crippen molar-refractivity contribution in [2.45, 2.75) is 32.5 Å². The molecule has 6 heteroatoms. The van der Waals surface area contributed by atoms with E-state index in [4.69, 9.17) is 0 Å². The van der Waals surface area contributed by atoms with Gasteiger partial charge in [-0.3, -0.25) is 4.68 Å². The number of anilines is 1. The third-order valence-corrected chi connectivity index (χ3v) is 3.29. The zero-order chi connectivity index (χ0) is 13.2. The van der Waals surface area contributed by atoms with Gasteiger partial charge in [0, 0.05) is 32.0 Å². The molecule has 0 saturated heterocycles. The lowest BCUT2D eigenvalue weighted by atomic mass is 10.0. The lowest BCUT2D eigenvalue weighted by Crippen LogP contribution is -2.33.